The maximum atomic E-state index is 8.90. The van der Waals surface area contributed by atoms with E-state index in [2.05, 4.69) is 12.1 Å². The first kappa shape index (κ1) is 9.23. The molecule has 2 heteroatoms. The van der Waals surface area contributed by atoms with Crippen molar-refractivity contribution in [2.45, 2.75) is 32.2 Å². The second-order valence-corrected chi connectivity index (χ2v) is 3.99. The Bertz CT molecular complexity index is 402. The van der Waals surface area contributed by atoms with Crippen LogP contribution in [0.15, 0.2) is 12.1 Å². The zero-order chi connectivity index (χ0) is 10.1. The van der Waals surface area contributed by atoms with Gasteiger partial charge in [-0.15, -0.1) is 0 Å². The summed E-state index contributed by atoms with van der Waals surface area (Å²) in [6.45, 7) is 2.04. The topological polar surface area (TPSA) is 49.8 Å². The average molecular weight is 186 g/mol. The fourth-order valence-corrected chi connectivity index (χ4v) is 2.19. The van der Waals surface area contributed by atoms with Gasteiger partial charge in [-0.3, -0.25) is 0 Å². The molecule has 1 aliphatic carbocycles. The Morgan fingerprint density at radius 1 is 1.50 bits per heavy atom. The Balaban J connectivity index is 2.50. The number of hydrogen-bond acceptors (Lipinski definition) is 2. The van der Waals surface area contributed by atoms with Gasteiger partial charge >= 0.3 is 0 Å². The summed E-state index contributed by atoms with van der Waals surface area (Å²) in [4.78, 5) is 0. The van der Waals surface area contributed by atoms with Crippen molar-refractivity contribution in [2.75, 3.05) is 0 Å². The maximum Gasteiger partial charge on any atom is 0.0994 e. The van der Waals surface area contributed by atoms with Crippen LogP contribution >= 0.6 is 0 Å². The number of nitrogens with zero attached hydrogens (tertiary/aromatic N) is 1. The molecule has 1 aromatic rings. The van der Waals surface area contributed by atoms with Crippen LogP contribution in [-0.2, 0) is 12.8 Å². The highest BCUT2D eigenvalue weighted by Crippen LogP contribution is 2.25. The van der Waals surface area contributed by atoms with Gasteiger partial charge in [0.1, 0.15) is 0 Å². The molecule has 14 heavy (non-hydrogen) atoms. The second-order valence-electron chi connectivity index (χ2n) is 3.99. The van der Waals surface area contributed by atoms with Crippen LogP contribution in [0.2, 0.25) is 0 Å². The lowest BCUT2D eigenvalue weighted by molar-refractivity contribution is 0.574. The zero-order valence-corrected chi connectivity index (χ0v) is 8.38. The monoisotopic (exact) mass is 186 g/mol. The number of fused-ring (bicyclic) bond motifs is 1. The van der Waals surface area contributed by atoms with Crippen LogP contribution in [0.5, 0.6) is 0 Å². The molecule has 0 amide bonds. The van der Waals surface area contributed by atoms with Crippen molar-refractivity contribution in [3.8, 4) is 6.07 Å². The summed E-state index contributed by atoms with van der Waals surface area (Å²) in [5.74, 6) is 0. The molecule has 2 nitrogen and oxygen atoms in total. The van der Waals surface area contributed by atoms with E-state index in [-0.39, 0.29) is 0 Å². The highest BCUT2D eigenvalue weighted by Gasteiger charge is 2.18. The number of nitriles is 1. The molecule has 0 saturated heterocycles. The largest absolute Gasteiger partial charge is 0.327 e. The van der Waals surface area contributed by atoms with Gasteiger partial charge in [-0.25, -0.2) is 0 Å². The van der Waals surface area contributed by atoms with Crippen LogP contribution < -0.4 is 5.73 Å². The van der Waals surface area contributed by atoms with Crippen molar-refractivity contribution in [1.82, 2.24) is 0 Å². The van der Waals surface area contributed by atoms with Gasteiger partial charge in [0, 0.05) is 6.04 Å². The zero-order valence-electron chi connectivity index (χ0n) is 8.38. The van der Waals surface area contributed by atoms with Crippen LogP contribution in [0.1, 0.15) is 28.7 Å². The molecule has 0 aliphatic heterocycles. The van der Waals surface area contributed by atoms with Crippen LogP contribution in [0.3, 0.4) is 0 Å². The maximum absolute atomic E-state index is 8.90. The predicted molar refractivity (Wildman–Crippen MR) is 55.9 cm³/mol. The first-order chi connectivity index (χ1) is 6.72. The van der Waals surface area contributed by atoms with Crippen molar-refractivity contribution in [3.05, 3.63) is 34.4 Å². The summed E-state index contributed by atoms with van der Waals surface area (Å²) in [6.07, 6.45) is 3.03. The summed E-state index contributed by atoms with van der Waals surface area (Å²) in [7, 11) is 0. The van der Waals surface area contributed by atoms with E-state index in [9.17, 15) is 0 Å². The van der Waals surface area contributed by atoms with Crippen molar-refractivity contribution < 1.29 is 0 Å². The lowest BCUT2D eigenvalue weighted by atomic mass is 9.84. The fourth-order valence-electron chi connectivity index (χ4n) is 2.19. The summed E-state index contributed by atoms with van der Waals surface area (Å²) in [6, 6.07) is 6.49. The Morgan fingerprint density at radius 2 is 2.29 bits per heavy atom. The summed E-state index contributed by atoms with van der Waals surface area (Å²) in [5, 5.41) is 8.90. The van der Waals surface area contributed by atoms with Gasteiger partial charge in [0.15, 0.2) is 0 Å². The van der Waals surface area contributed by atoms with Gasteiger partial charge < -0.3 is 5.73 Å². The molecule has 0 spiro atoms. The molecular weight excluding hydrogens is 172 g/mol. The molecular formula is C12H14N2. The fraction of sp³-hybridized carbons (Fsp3) is 0.417. The molecule has 0 radical (unpaired) electrons. The number of benzene rings is 1. The lowest BCUT2D eigenvalue weighted by Crippen LogP contribution is -2.28. The third-order valence-electron chi connectivity index (χ3n) is 3.06. The smallest absolute Gasteiger partial charge is 0.0994 e. The molecule has 2 rings (SSSR count). The van der Waals surface area contributed by atoms with E-state index >= 15 is 0 Å². The number of rotatable bonds is 0. The van der Waals surface area contributed by atoms with E-state index in [1.165, 1.54) is 11.1 Å². The minimum Gasteiger partial charge on any atom is -0.327 e. The Labute approximate surface area is 84.3 Å². The standard InChI is InChI=1S/C12H14N2/c1-8-10(7-13)3-2-9-6-11(14)4-5-12(8)9/h2-3,11H,4-6,14H2,1H3/t11-/m0/s1. The van der Waals surface area contributed by atoms with Crippen LogP contribution in [0.4, 0.5) is 0 Å². The molecule has 72 valence electrons. The lowest BCUT2D eigenvalue weighted by Gasteiger charge is -2.23. The quantitative estimate of drug-likeness (QED) is 0.670. The summed E-state index contributed by atoms with van der Waals surface area (Å²) < 4.78 is 0. The van der Waals surface area contributed by atoms with Gasteiger partial charge in [-0.05, 0) is 48.9 Å². The summed E-state index contributed by atoms with van der Waals surface area (Å²) >= 11 is 0. The Kier molecular flexibility index (Phi) is 2.26. The molecule has 0 saturated carbocycles. The molecule has 0 aromatic heterocycles. The minimum absolute atomic E-state index is 0.301. The Morgan fingerprint density at radius 3 is 3.00 bits per heavy atom. The molecule has 2 N–H and O–H groups in total. The van der Waals surface area contributed by atoms with Crippen molar-refractivity contribution >= 4 is 0 Å². The molecule has 0 bridgehead atoms. The van der Waals surface area contributed by atoms with Gasteiger partial charge in [0.2, 0.25) is 0 Å². The van der Waals surface area contributed by atoms with E-state index in [0.29, 0.717) is 6.04 Å². The van der Waals surface area contributed by atoms with Gasteiger partial charge in [0.25, 0.3) is 0 Å². The number of nitrogens with two attached hydrogens (primary N) is 1. The normalized spacial score (nSPS) is 19.9. The van der Waals surface area contributed by atoms with E-state index < -0.39 is 0 Å². The average Bonchev–Trinajstić information content (AvgIpc) is 2.18. The van der Waals surface area contributed by atoms with E-state index in [0.717, 1.165) is 30.4 Å². The van der Waals surface area contributed by atoms with Gasteiger partial charge in [-0.2, -0.15) is 5.26 Å². The van der Waals surface area contributed by atoms with Crippen molar-refractivity contribution in [2.24, 2.45) is 5.73 Å². The second kappa shape index (κ2) is 3.43. The molecule has 0 unspecified atom stereocenters. The minimum atomic E-state index is 0.301. The molecule has 1 atom stereocenters. The molecule has 1 aromatic carbocycles. The molecule has 0 fully saturated rings. The SMILES string of the molecule is Cc1c(C#N)ccc2c1CC[C@H](N)C2. The number of hydrogen-bond donors (Lipinski definition) is 1. The van der Waals surface area contributed by atoms with Gasteiger partial charge in [-0.1, -0.05) is 6.07 Å². The highest BCUT2D eigenvalue weighted by atomic mass is 14.6. The third kappa shape index (κ3) is 1.40. The summed E-state index contributed by atoms with van der Waals surface area (Å²) in [5.41, 5.74) is 10.5. The van der Waals surface area contributed by atoms with Crippen LogP contribution in [0, 0.1) is 18.3 Å². The molecule has 0 heterocycles. The van der Waals surface area contributed by atoms with Crippen molar-refractivity contribution in [1.29, 1.82) is 5.26 Å². The van der Waals surface area contributed by atoms with E-state index in [4.69, 9.17) is 11.0 Å². The van der Waals surface area contributed by atoms with E-state index in [1.807, 2.05) is 13.0 Å². The van der Waals surface area contributed by atoms with Gasteiger partial charge in [0.05, 0.1) is 11.6 Å². The van der Waals surface area contributed by atoms with Crippen molar-refractivity contribution in [3.63, 3.8) is 0 Å². The predicted octanol–water partition coefficient (Wildman–Crippen LogP) is 1.68. The Hall–Kier alpha value is -1.33. The van der Waals surface area contributed by atoms with Crippen LogP contribution in [-0.4, -0.2) is 6.04 Å². The first-order valence-electron chi connectivity index (χ1n) is 4.99. The molecule has 1 aliphatic rings. The third-order valence-corrected chi connectivity index (χ3v) is 3.06. The van der Waals surface area contributed by atoms with Crippen LogP contribution in [0.25, 0.3) is 0 Å². The van der Waals surface area contributed by atoms with E-state index in [1.54, 1.807) is 0 Å². The highest BCUT2D eigenvalue weighted by molar-refractivity contribution is 5.47. The first-order valence-corrected chi connectivity index (χ1v) is 4.99.